The number of ether oxygens (including phenoxy) is 1. The van der Waals surface area contributed by atoms with Gasteiger partial charge in [-0.25, -0.2) is 0 Å². The first-order valence-corrected chi connectivity index (χ1v) is 9.01. The molecule has 1 heterocycles. The van der Waals surface area contributed by atoms with Crippen molar-refractivity contribution in [2.45, 2.75) is 12.0 Å². The third-order valence-electron chi connectivity index (χ3n) is 4.82. The second-order valence-corrected chi connectivity index (χ2v) is 6.45. The van der Waals surface area contributed by atoms with Gasteiger partial charge in [0, 0.05) is 25.8 Å². The molecule has 3 rings (SSSR count). The Balaban J connectivity index is 2.13. The molecule has 0 unspecified atom stereocenters. The van der Waals surface area contributed by atoms with Crippen LogP contribution in [0.15, 0.2) is 67.3 Å². The van der Waals surface area contributed by atoms with Gasteiger partial charge in [-0.15, -0.1) is 6.58 Å². The molecule has 0 radical (unpaired) electrons. The largest absolute Gasteiger partial charge is 0.383 e. The van der Waals surface area contributed by atoms with Gasteiger partial charge in [0.05, 0.1) is 18.6 Å². The fraction of sp³-hybridized carbons (Fsp3) is 0.273. The molecule has 140 valence electrons. The van der Waals surface area contributed by atoms with Crippen molar-refractivity contribution < 1.29 is 14.3 Å². The van der Waals surface area contributed by atoms with Crippen molar-refractivity contribution in [3.63, 3.8) is 0 Å². The standard InChI is InChI=1S/C22H24N2O3/c1-3-13-23-21(25)19-17-11-7-8-12-18(17)22(26)24(14-15-27-2)20(19)16-9-5-4-6-10-16/h3-12,19-20H,1,13-15H2,2H3,(H,23,25)/t19-,20+/m0/s1. The highest BCUT2D eigenvalue weighted by molar-refractivity contribution is 6.01. The van der Waals surface area contributed by atoms with E-state index in [0.29, 0.717) is 25.3 Å². The van der Waals surface area contributed by atoms with Gasteiger partial charge in [-0.2, -0.15) is 0 Å². The molecule has 1 aliphatic heterocycles. The first kappa shape index (κ1) is 18.9. The molecule has 1 N–H and O–H groups in total. The van der Waals surface area contributed by atoms with E-state index in [1.165, 1.54) is 0 Å². The van der Waals surface area contributed by atoms with Crippen LogP contribution in [-0.4, -0.2) is 43.5 Å². The van der Waals surface area contributed by atoms with Gasteiger partial charge in [0.15, 0.2) is 0 Å². The molecule has 0 aliphatic carbocycles. The lowest BCUT2D eigenvalue weighted by molar-refractivity contribution is -0.124. The van der Waals surface area contributed by atoms with E-state index in [2.05, 4.69) is 11.9 Å². The molecule has 2 atom stereocenters. The van der Waals surface area contributed by atoms with Gasteiger partial charge in [-0.3, -0.25) is 9.59 Å². The van der Waals surface area contributed by atoms with Crippen molar-refractivity contribution in [1.29, 1.82) is 0 Å². The Labute approximate surface area is 159 Å². The lowest BCUT2D eigenvalue weighted by atomic mass is 9.79. The lowest BCUT2D eigenvalue weighted by Gasteiger charge is -2.41. The Morgan fingerprint density at radius 2 is 1.89 bits per heavy atom. The summed E-state index contributed by atoms with van der Waals surface area (Å²) in [4.78, 5) is 28.1. The highest BCUT2D eigenvalue weighted by atomic mass is 16.5. The van der Waals surface area contributed by atoms with Gasteiger partial charge in [0.2, 0.25) is 5.91 Å². The maximum atomic E-state index is 13.2. The van der Waals surface area contributed by atoms with E-state index in [-0.39, 0.29) is 11.8 Å². The van der Waals surface area contributed by atoms with Crippen LogP contribution < -0.4 is 5.32 Å². The van der Waals surface area contributed by atoms with Crippen molar-refractivity contribution in [2.24, 2.45) is 0 Å². The van der Waals surface area contributed by atoms with Crippen molar-refractivity contribution in [3.05, 3.63) is 83.9 Å². The zero-order valence-corrected chi connectivity index (χ0v) is 15.4. The number of rotatable bonds is 7. The number of nitrogens with zero attached hydrogens (tertiary/aromatic N) is 1. The first-order valence-electron chi connectivity index (χ1n) is 9.01. The average Bonchev–Trinajstić information content (AvgIpc) is 2.71. The lowest BCUT2D eigenvalue weighted by Crippen LogP contribution is -2.48. The zero-order valence-electron chi connectivity index (χ0n) is 15.4. The fourth-order valence-corrected chi connectivity index (χ4v) is 3.61. The number of benzene rings is 2. The minimum atomic E-state index is -0.502. The minimum Gasteiger partial charge on any atom is -0.383 e. The number of methoxy groups -OCH3 is 1. The summed E-state index contributed by atoms with van der Waals surface area (Å²) in [6.45, 7) is 4.86. The van der Waals surface area contributed by atoms with Crippen LogP contribution in [0, 0.1) is 0 Å². The van der Waals surface area contributed by atoms with Crippen LogP contribution in [0.4, 0.5) is 0 Å². The van der Waals surface area contributed by atoms with Crippen LogP contribution in [0.2, 0.25) is 0 Å². The molecular formula is C22H24N2O3. The van der Waals surface area contributed by atoms with E-state index in [1.807, 2.05) is 48.5 Å². The predicted octanol–water partition coefficient (Wildman–Crippen LogP) is 2.92. The Hall–Kier alpha value is -2.92. The predicted molar refractivity (Wildman–Crippen MR) is 104 cm³/mol. The van der Waals surface area contributed by atoms with Crippen LogP contribution in [-0.2, 0) is 9.53 Å². The molecule has 5 heteroatoms. The summed E-state index contributed by atoms with van der Waals surface area (Å²) < 4.78 is 5.22. The molecule has 0 bridgehead atoms. The first-order chi connectivity index (χ1) is 13.2. The number of hydrogen-bond acceptors (Lipinski definition) is 3. The van der Waals surface area contributed by atoms with Crippen LogP contribution in [0.5, 0.6) is 0 Å². The normalized spacial score (nSPS) is 18.7. The summed E-state index contributed by atoms with van der Waals surface area (Å²) in [6.07, 6.45) is 1.65. The second-order valence-electron chi connectivity index (χ2n) is 6.45. The summed E-state index contributed by atoms with van der Waals surface area (Å²) in [6, 6.07) is 16.6. The van der Waals surface area contributed by atoms with E-state index in [1.54, 1.807) is 24.2 Å². The molecule has 2 aromatic carbocycles. The van der Waals surface area contributed by atoms with E-state index >= 15 is 0 Å². The number of amides is 2. The average molecular weight is 364 g/mol. The summed E-state index contributed by atoms with van der Waals surface area (Å²) in [5, 5.41) is 2.91. The topological polar surface area (TPSA) is 58.6 Å². The molecule has 5 nitrogen and oxygen atoms in total. The third kappa shape index (κ3) is 3.78. The van der Waals surface area contributed by atoms with Gasteiger partial charge in [0.1, 0.15) is 0 Å². The number of nitrogens with one attached hydrogen (secondary N) is 1. The highest BCUT2D eigenvalue weighted by Crippen LogP contribution is 2.42. The summed E-state index contributed by atoms with van der Waals surface area (Å²) in [5.74, 6) is -0.700. The number of carbonyl (C=O) groups excluding carboxylic acids is 2. The fourth-order valence-electron chi connectivity index (χ4n) is 3.61. The quantitative estimate of drug-likeness (QED) is 0.769. The minimum absolute atomic E-state index is 0.0794. The zero-order chi connectivity index (χ0) is 19.2. The maximum Gasteiger partial charge on any atom is 0.254 e. The Morgan fingerprint density at radius 3 is 2.59 bits per heavy atom. The third-order valence-corrected chi connectivity index (χ3v) is 4.82. The molecule has 0 saturated heterocycles. The molecule has 2 amide bonds. The maximum absolute atomic E-state index is 13.2. The van der Waals surface area contributed by atoms with Crippen molar-refractivity contribution in [3.8, 4) is 0 Å². The molecule has 0 fully saturated rings. The van der Waals surface area contributed by atoms with Crippen LogP contribution >= 0.6 is 0 Å². The van der Waals surface area contributed by atoms with Gasteiger partial charge in [-0.05, 0) is 17.2 Å². The van der Waals surface area contributed by atoms with Gasteiger partial charge in [-0.1, -0.05) is 54.6 Å². The summed E-state index contributed by atoms with van der Waals surface area (Å²) >= 11 is 0. The van der Waals surface area contributed by atoms with E-state index < -0.39 is 12.0 Å². The highest BCUT2D eigenvalue weighted by Gasteiger charge is 2.43. The van der Waals surface area contributed by atoms with E-state index in [0.717, 1.165) is 11.1 Å². The molecule has 2 aromatic rings. The van der Waals surface area contributed by atoms with Gasteiger partial charge in [0.25, 0.3) is 5.91 Å². The molecular weight excluding hydrogens is 340 g/mol. The summed E-state index contributed by atoms with van der Waals surface area (Å²) in [5.41, 5.74) is 2.25. The van der Waals surface area contributed by atoms with Crippen LogP contribution in [0.3, 0.4) is 0 Å². The van der Waals surface area contributed by atoms with Gasteiger partial charge < -0.3 is 15.0 Å². The van der Waals surface area contributed by atoms with Crippen molar-refractivity contribution >= 4 is 11.8 Å². The number of fused-ring (bicyclic) bond motifs is 1. The molecule has 0 saturated carbocycles. The Kier molecular flexibility index (Phi) is 6.04. The van der Waals surface area contributed by atoms with Crippen molar-refractivity contribution in [1.82, 2.24) is 10.2 Å². The second kappa shape index (κ2) is 8.64. The monoisotopic (exact) mass is 364 g/mol. The molecule has 0 spiro atoms. The van der Waals surface area contributed by atoms with Crippen LogP contribution in [0.25, 0.3) is 0 Å². The molecule has 27 heavy (non-hydrogen) atoms. The van der Waals surface area contributed by atoms with Crippen molar-refractivity contribution in [2.75, 3.05) is 26.8 Å². The smallest absolute Gasteiger partial charge is 0.254 e. The SMILES string of the molecule is C=CCNC(=O)[C@H]1c2ccccc2C(=O)N(CCOC)[C@@H]1c1ccccc1. The number of hydrogen-bond donors (Lipinski definition) is 1. The molecule has 0 aromatic heterocycles. The Morgan fingerprint density at radius 1 is 1.19 bits per heavy atom. The van der Waals surface area contributed by atoms with E-state index in [9.17, 15) is 9.59 Å². The van der Waals surface area contributed by atoms with Gasteiger partial charge >= 0.3 is 0 Å². The van der Waals surface area contributed by atoms with Crippen LogP contribution in [0.1, 0.15) is 33.4 Å². The Bertz CT molecular complexity index is 819. The molecule has 1 aliphatic rings. The number of carbonyl (C=O) groups is 2. The summed E-state index contributed by atoms with van der Waals surface area (Å²) in [7, 11) is 1.61. The van der Waals surface area contributed by atoms with E-state index in [4.69, 9.17) is 4.74 Å².